The maximum absolute atomic E-state index is 11.4. The third-order valence-electron chi connectivity index (χ3n) is 2.30. The first-order valence-corrected chi connectivity index (χ1v) is 5.79. The van der Waals surface area contributed by atoms with E-state index in [0.717, 1.165) is 11.1 Å². The van der Waals surface area contributed by atoms with E-state index in [0.29, 0.717) is 0 Å². The highest BCUT2D eigenvalue weighted by Gasteiger charge is 2.11. The summed E-state index contributed by atoms with van der Waals surface area (Å²) in [5.41, 5.74) is 2.13. The molecule has 1 rings (SSSR count). The number of benzene rings is 1. The minimum atomic E-state index is -0.538. The topological polar surface area (TPSA) is 58.2 Å². The van der Waals surface area contributed by atoms with Crippen LogP contribution >= 0.6 is 11.6 Å². The van der Waals surface area contributed by atoms with Crippen molar-refractivity contribution in [1.82, 2.24) is 10.6 Å². The lowest BCUT2D eigenvalue weighted by Crippen LogP contribution is -2.41. The summed E-state index contributed by atoms with van der Waals surface area (Å²) < 4.78 is 0. The molecule has 0 saturated heterocycles. The van der Waals surface area contributed by atoms with Gasteiger partial charge in [-0.25, -0.2) is 4.79 Å². The number of hydrogen-bond acceptors (Lipinski definition) is 2. The summed E-state index contributed by atoms with van der Waals surface area (Å²) in [6.45, 7) is 3.84. The van der Waals surface area contributed by atoms with Crippen LogP contribution in [0.15, 0.2) is 24.3 Å². The molecule has 5 heteroatoms. The number of carbonyl (C=O) groups excluding carboxylic acids is 2. The minimum Gasteiger partial charge on any atom is -0.331 e. The molecule has 0 spiro atoms. The van der Waals surface area contributed by atoms with Gasteiger partial charge in [0.05, 0.1) is 6.04 Å². The number of aryl methyl sites for hydroxylation is 1. The minimum absolute atomic E-state index is 0.168. The van der Waals surface area contributed by atoms with E-state index >= 15 is 0 Å². The summed E-state index contributed by atoms with van der Waals surface area (Å²) in [5.74, 6) is -0.743. The Kier molecular flexibility index (Phi) is 4.97. The molecular formula is C12H15ClN2O2. The van der Waals surface area contributed by atoms with Crippen molar-refractivity contribution in [3.8, 4) is 0 Å². The Bertz CT molecular complexity index is 403. The fourth-order valence-electron chi connectivity index (χ4n) is 1.33. The van der Waals surface area contributed by atoms with Gasteiger partial charge in [0.2, 0.25) is 5.91 Å². The molecule has 0 saturated carbocycles. The van der Waals surface area contributed by atoms with E-state index in [-0.39, 0.29) is 11.9 Å². The smallest absolute Gasteiger partial charge is 0.321 e. The Balaban J connectivity index is 2.54. The Hall–Kier alpha value is -1.55. The number of nitrogens with one attached hydrogen (secondary N) is 2. The summed E-state index contributed by atoms with van der Waals surface area (Å²) >= 11 is 5.27. The fraction of sp³-hybridized carbons (Fsp3) is 0.333. The van der Waals surface area contributed by atoms with Gasteiger partial charge >= 0.3 is 6.03 Å². The van der Waals surface area contributed by atoms with E-state index in [1.807, 2.05) is 38.1 Å². The summed E-state index contributed by atoms with van der Waals surface area (Å²) in [7, 11) is 0. The van der Waals surface area contributed by atoms with Crippen molar-refractivity contribution in [2.75, 3.05) is 5.88 Å². The number of rotatable bonds is 3. The van der Waals surface area contributed by atoms with Crippen LogP contribution in [0.4, 0.5) is 4.79 Å². The third-order valence-corrected chi connectivity index (χ3v) is 2.54. The predicted molar refractivity (Wildman–Crippen MR) is 67.0 cm³/mol. The number of urea groups is 1. The van der Waals surface area contributed by atoms with E-state index in [9.17, 15) is 9.59 Å². The van der Waals surface area contributed by atoms with Gasteiger partial charge in [0.25, 0.3) is 0 Å². The van der Waals surface area contributed by atoms with Gasteiger partial charge in [-0.2, -0.15) is 0 Å². The molecule has 17 heavy (non-hydrogen) atoms. The lowest BCUT2D eigenvalue weighted by Gasteiger charge is -2.14. The second kappa shape index (κ2) is 6.25. The largest absolute Gasteiger partial charge is 0.331 e. The zero-order valence-electron chi connectivity index (χ0n) is 9.79. The van der Waals surface area contributed by atoms with Crippen LogP contribution in [0.2, 0.25) is 0 Å². The van der Waals surface area contributed by atoms with E-state index < -0.39 is 11.9 Å². The molecule has 92 valence electrons. The molecule has 0 aromatic heterocycles. The first-order chi connectivity index (χ1) is 8.02. The van der Waals surface area contributed by atoms with Crippen LogP contribution in [-0.4, -0.2) is 17.8 Å². The summed E-state index contributed by atoms with van der Waals surface area (Å²) in [4.78, 5) is 22.2. The Labute approximate surface area is 105 Å². The fourth-order valence-corrected chi connectivity index (χ4v) is 1.40. The second-order valence-corrected chi connectivity index (χ2v) is 4.05. The summed E-state index contributed by atoms with van der Waals surface area (Å²) in [6, 6.07) is 7.10. The zero-order valence-corrected chi connectivity index (χ0v) is 10.5. The van der Waals surface area contributed by atoms with Crippen LogP contribution in [0.5, 0.6) is 0 Å². The number of carbonyl (C=O) groups is 2. The zero-order chi connectivity index (χ0) is 12.8. The summed E-state index contributed by atoms with van der Waals surface area (Å²) in [5, 5.41) is 4.77. The van der Waals surface area contributed by atoms with E-state index in [1.165, 1.54) is 0 Å². The van der Waals surface area contributed by atoms with Crippen LogP contribution in [-0.2, 0) is 4.79 Å². The monoisotopic (exact) mass is 254 g/mol. The second-order valence-electron chi connectivity index (χ2n) is 3.79. The van der Waals surface area contributed by atoms with Gasteiger partial charge in [0.1, 0.15) is 5.88 Å². The average molecular weight is 255 g/mol. The maximum atomic E-state index is 11.4. The van der Waals surface area contributed by atoms with E-state index in [1.54, 1.807) is 0 Å². The third kappa shape index (κ3) is 4.44. The highest BCUT2D eigenvalue weighted by Crippen LogP contribution is 2.12. The molecule has 2 N–H and O–H groups in total. The SMILES string of the molecule is Cc1ccc(C(C)NC(=O)NC(=O)CCl)cc1. The highest BCUT2D eigenvalue weighted by atomic mass is 35.5. The molecule has 0 radical (unpaired) electrons. The van der Waals surface area contributed by atoms with Gasteiger partial charge in [-0.05, 0) is 19.4 Å². The molecule has 1 atom stereocenters. The molecule has 0 heterocycles. The normalized spacial score (nSPS) is 11.7. The van der Waals surface area contributed by atoms with Gasteiger partial charge in [-0.3, -0.25) is 10.1 Å². The Morgan fingerprint density at radius 3 is 2.41 bits per heavy atom. The van der Waals surface area contributed by atoms with Gasteiger partial charge in [-0.1, -0.05) is 29.8 Å². The van der Waals surface area contributed by atoms with Crippen molar-refractivity contribution in [3.05, 3.63) is 35.4 Å². The number of alkyl halides is 1. The standard InChI is InChI=1S/C12H15ClN2O2/c1-8-3-5-10(6-4-8)9(2)14-12(17)15-11(16)7-13/h3-6,9H,7H2,1-2H3,(H2,14,15,16,17). The molecular weight excluding hydrogens is 240 g/mol. The molecule has 4 nitrogen and oxygen atoms in total. The van der Waals surface area contributed by atoms with Crippen LogP contribution in [0, 0.1) is 6.92 Å². The summed E-state index contributed by atoms with van der Waals surface area (Å²) in [6.07, 6.45) is 0. The average Bonchev–Trinajstić information content (AvgIpc) is 2.29. The molecule has 0 bridgehead atoms. The molecule has 1 aromatic carbocycles. The number of hydrogen-bond donors (Lipinski definition) is 2. The Morgan fingerprint density at radius 2 is 1.88 bits per heavy atom. The molecule has 0 aliphatic heterocycles. The maximum Gasteiger partial charge on any atom is 0.321 e. The van der Waals surface area contributed by atoms with Crippen molar-refractivity contribution in [2.24, 2.45) is 0 Å². The lowest BCUT2D eigenvalue weighted by atomic mass is 10.1. The van der Waals surface area contributed by atoms with Crippen LogP contribution in [0.25, 0.3) is 0 Å². The first kappa shape index (κ1) is 13.5. The lowest BCUT2D eigenvalue weighted by molar-refractivity contribution is -0.117. The first-order valence-electron chi connectivity index (χ1n) is 5.26. The van der Waals surface area contributed by atoms with Gasteiger partial charge < -0.3 is 5.32 Å². The molecule has 1 aromatic rings. The number of imide groups is 1. The highest BCUT2D eigenvalue weighted by molar-refractivity contribution is 6.28. The Morgan fingerprint density at radius 1 is 1.29 bits per heavy atom. The molecule has 0 aliphatic rings. The van der Waals surface area contributed by atoms with Crippen molar-refractivity contribution >= 4 is 23.5 Å². The van der Waals surface area contributed by atoms with Crippen molar-refractivity contribution in [3.63, 3.8) is 0 Å². The predicted octanol–water partition coefficient (Wildman–Crippen LogP) is 2.12. The quantitative estimate of drug-likeness (QED) is 0.812. The number of halogens is 1. The molecule has 1 unspecified atom stereocenters. The van der Waals surface area contributed by atoms with E-state index in [4.69, 9.17) is 11.6 Å². The van der Waals surface area contributed by atoms with E-state index in [2.05, 4.69) is 10.6 Å². The van der Waals surface area contributed by atoms with Crippen LogP contribution in [0.3, 0.4) is 0 Å². The molecule has 0 fully saturated rings. The van der Waals surface area contributed by atoms with Gasteiger partial charge in [-0.15, -0.1) is 11.6 Å². The van der Waals surface area contributed by atoms with Gasteiger partial charge in [0, 0.05) is 0 Å². The number of amides is 3. The van der Waals surface area contributed by atoms with Crippen LogP contribution < -0.4 is 10.6 Å². The van der Waals surface area contributed by atoms with Crippen molar-refractivity contribution in [2.45, 2.75) is 19.9 Å². The van der Waals surface area contributed by atoms with Gasteiger partial charge in [0.15, 0.2) is 0 Å². The van der Waals surface area contributed by atoms with Crippen molar-refractivity contribution in [1.29, 1.82) is 0 Å². The van der Waals surface area contributed by atoms with Crippen LogP contribution in [0.1, 0.15) is 24.1 Å². The molecule has 0 aliphatic carbocycles. The van der Waals surface area contributed by atoms with Crippen molar-refractivity contribution < 1.29 is 9.59 Å². The molecule has 3 amide bonds.